The van der Waals surface area contributed by atoms with Crippen LogP contribution in [-0.4, -0.2) is 21.6 Å². The van der Waals surface area contributed by atoms with Crippen LogP contribution in [0.5, 0.6) is 0 Å². The summed E-state index contributed by atoms with van der Waals surface area (Å²) in [6.45, 7) is 3.71. The van der Waals surface area contributed by atoms with E-state index in [0.717, 1.165) is 19.3 Å². The number of hydrogen-bond acceptors (Lipinski definition) is 3. The van der Waals surface area contributed by atoms with Crippen LogP contribution < -0.4 is 0 Å². The van der Waals surface area contributed by atoms with Crippen LogP contribution in [0.25, 0.3) is 0 Å². The Bertz CT molecular complexity index is 646. The summed E-state index contributed by atoms with van der Waals surface area (Å²) in [5.41, 5.74) is 3.19. The Labute approximate surface area is 124 Å². The predicted octanol–water partition coefficient (Wildman–Crippen LogP) is 3.37. The van der Waals surface area contributed by atoms with Gasteiger partial charge in [0.2, 0.25) is 0 Å². The SMILES string of the molecule is CC(C)OC(=O)c1cncn1[C@@H]1CCCc2ccccc21. The number of aryl methyl sites for hydroxylation is 1. The molecule has 0 amide bonds. The number of imidazole rings is 1. The van der Waals surface area contributed by atoms with Crippen LogP contribution in [0.1, 0.15) is 54.3 Å². The van der Waals surface area contributed by atoms with Gasteiger partial charge < -0.3 is 9.30 Å². The molecular formula is C17H20N2O2. The minimum absolute atomic E-state index is 0.125. The van der Waals surface area contributed by atoms with Crippen molar-refractivity contribution in [2.24, 2.45) is 0 Å². The van der Waals surface area contributed by atoms with E-state index in [1.165, 1.54) is 11.1 Å². The Kier molecular flexibility index (Phi) is 3.78. The second-order valence-corrected chi connectivity index (χ2v) is 5.75. The largest absolute Gasteiger partial charge is 0.458 e. The van der Waals surface area contributed by atoms with E-state index < -0.39 is 0 Å². The normalized spacial score (nSPS) is 17.6. The maximum atomic E-state index is 12.2. The maximum absolute atomic E-state index is 12.2. The van der Waals surface area contributed by atoms with Crippen molar-refractivity contribution in [1.82, 2.24) is 9.55 Å². The molecule has 1 heterocycles. The van der Waals surface area contributed by atoms with Crippen LogP contribution in [0.3, 0.4) is 0 Å². The summed E-state index contributed by atoms with van der Waals surface area (Å²) in [6, 6.07) is 8.62. The first-order chi connectivity index (χ1) is 10.2. The summed E-state index contributed by atoms with van der Waals surface area (Å²) >= 11 is 0. The lowest BCUT2D eigenvalue weighted by Crippen LogP contribution is -2.22. The number of fused-ring (bicyclic) bond motifs is 1. The predicted molar refractivity (Wildman–Crippen MR) is 80.3 cm³/mol. The Morgan fingerprint density at radius 2 is 2.19 bits per heavy atom. The highest BCUT2D eigenvalue weighted by molar-refractivity contribution is 5.87. The molecule has 2 aromatic rings. The first-order valence-corrected chi connectivity index (χ1v) is 7.47. The zero-order chi connectivity index (χ0) is 14.8. The number of aromatic nitrogens is 2. The first-order valence-electron chi connectivity index (χ1n) is 7.47. The van der Waals surface area contributed by atoms with E-state index in [9.17, 15) is 4.79 Å². The summed E-state index contributed by atoms with van der Waals surface area (Å²) in [4.78, 5) is 16.4. The maximum Gasteiger partial charge on any atom is 0.356 e. The van der Waals surface area contributed by atoms with Gasteiger partial charge in [-0.2, -0.15) is 0 Å². The van der Waals surface area contributed by atoms with Crippen molar-refractivity contribution < 1.29 is 9.53 Å². The van der Waals surface area contributed by atoms with Gasteiger partial charge in [0, 0.05) is 0 Å². The summed E-state index contributed by atoms with van der Waals surface area (Å²) in [7, 11) is 0. The van der Waals surface area contributed by atoms with Gasteiger partial charge in [0.1, 0.15) is 5.69 Å². The smallest absolute Gasteiger partial charge is 0.356 e. The number of rotatable bonds is 3. The van der Waals surface area contributed by atoms with Gasteiger partial charge in [0.05, 0.1) is 24.7 Å². The summed E-state index contributed by atoms with van der Waals surface area (Å²) in [5, 5.41) is 0. The van der Waals surface area contributed by atoms with Crippen molar-refractivity contribution in [3.05, 3.63) is 53.6 Å². The number of nitrogens with zero attached hydrogens (tertiary/aromatic N) is 2. The standard InChI is InChI=1S/C17H20N2O2/c1-12(2)21-17(20)16-10-18-11-19(16)15-9-5-7-13-6-3-4-8-14(13)15/h3-4,6,8,10-12,15H,5,7,9H2,1-2H3/t15-/m1/s1. The number of benzene rings is 1. The van der Waals surface area contributed by atoms with Crippen molar-refractivity contribution in [2.45, 2.75) is 45.3 Å². The van der Waals surface area contributed by atoms with E-state index in [1.54, 1.807) is 12.5 Å². The molecular weight excluding hydrogens is 264 g/mol. The van der Waals surface area contributed by atoms with Crippen molar-refractivity contribution in [2.75, 3.05) is 0 Å². The molecule has 0 radical (unpaired) electrons. The van der Waals surface area contributed by atoms with Crippen LogP contribution >= 0.6 is 0 Å². The molecule has 1 aromatic heterocycles. The Morgan fingerprint density at radius 1 is 1.38 bits per heavy atom. The second kappa shape index (κ2) is 5.72. The van der Waals surface area contributed by atoms with Gasteiger partial charge >= 0.3 is 5.97 Å². The fourth-order valence-corrected chi connectivity index (χ4v) is 3.00. The van der Waals surface area contributed by atoms with Gasteiger partial charge in [-0.25, -0.2) is 9.78 Å². The van der Waals surface area contributed by atoms with Gasteiger partial charge in [-0.1, -0.05) is 24.3 Å². The lowest BCUT2D eigenvalue weighted by atomic mass is 9.87. The minimum atomic E-state index is -0.300. The molecule has 4 heteroatoms. The Morgan fingerprint density at radius 3 is 3.00 bits per heavy atom. The van der Waals surface area contributed by atoms with E-state index in [1.807, 2.05) is 18.4 Å². The van der Waals surface area contributed by atoms with Crippen molar-refractivity contribution >= 4 is 5.97 Å². The molecule has 0 fully saturated rings. The molecule has 0 saturated carbocycles. The molecule has 3 rings (SSSR count). The number of hydrogen-bond donors (Lipinski definition) is 0. The monoisotopic (exact) mass is 284 g/mol. The minimum Gasteiger partial charge on any atom is -0.458 e. The van der Waals surface area contributed by atoms with E-state index in [-0.39, 0.29) is 18.1 Å². The van der Waals surface area contributed by atoms with Crippen LogP contribution in [0, 0.1) is 0 Å². The summed E-state index contributed by atoms with van der Waals surface area (Å²) < 4.78 is 7.28. The molecule has 0 unspecified atom stereocenters. The third-order valence-electron chi connectivity index (χ3n) is 3.89. The highest BCUT2D eigenvalue weighted by atomic mass is 16.5. The lowest BCUT2D eigenvalue weighted by Gasteiger charge is -2.27. The van der Waals surface area contributed by atoms with Crippen molar-refractivity contribution in [3.8, 4) is 0 Å². The topological polar surface area (TPSA) is 44.1 Å². The average Bonchev–Trinajstić information content (AvgIpc) is 2.95. The highest BCUT2D eigenvalue weighted by Gasteiger charge is 2.25. The van der Waals surface area contributed by atoms with E-state index in [4.69, 9.17) is 4.74 Å². The third-order valence-corrected chi connectivity index (χ3v) is 3.89. The van der Waals surface area contributed by atoms with Gasteiger partial charge in [-0.05, 0) is 44.2 Å². The summed E-state index contributed by atoms with van der Waals surface area (Å²) in [5.74, 6) is -0.300. The quantitative estimate of drug-likeness (QED) is 0.812. The second-order valence-electron chi connectivity index (χ2n) is 5.75. The van der Waals surface area contributed by atoms with Gasteiger partial charge in [-0.15, -0.1) is 0 Å². The zero-order valence-corrected chi connectivity index (χ0v) is 12.5. The van der Waals surface area contributed by atoms with Gasteiger partial charge in [0.15, 0.2) is 0 Å². The highest BCUT2D eigenvalue weighted by Crippen LogP contribution is 2.33. The molecule has 0 bridgehead atoms. The molecule has 110 valence electrons. The molecule has 0 aliphatic heterocycles. The fourth-order valence-electron chi connectivity index (χ4n) is 3.00. The number of ether oxygens (including phenoxy) is 1. The molecule has 0 N–H and O–H groups in total. The Hall–Kier alpha value is -2.10. The molecule has 0 spiro atoms. The summed E-state index contributed by atoms with van der Waals surface area (Å²) in [6.07, 6.45) is 6.46. The van der Waals surface area contributed by atoms with Crippen molar-refractivity contribution in [1.29, 1.82) is 0 Å². The van der Waals surface area contributed by atoms with Gasteiger partial charge in [0.25, 0.3) is 0 Å². The first kappa shape index (κ1) is 13.9. The zero-order valence-electron chi connectivity index (χ0n) is 12.5. The molecule has 4 nitrogen and oxygen atoms in total. The van der Waals surface area contributed by atoms with E-state index in [0.29, 0.717) is 5.69 Å². The van der Waals surface area contributed by atoms with Crippen LogP contribution in [0.2, 0.25) is 0 Å². The molecule has 21 heavy (non-hydrogen) atoms. The van der Waals surface area contributed by atoms with E-state index in [2.05, 4.69) is 29.2 Å². The van der Waals surface area contributed by atoms with E-state index >= 15 is 0 Å². The van der Waals surface area contributed by atoms with Gasteiger partial charge in [-0.3, -0.25) is 0 Å². The lowest BCUT2D eigenvalue weighted by molar-refractivity contribution is 0.0363. The average molecular weight is 284 g/mol. The Balaban J connectivity index is 1.96. The third kappa shape index (κ3) is 2.71. The molecule has 1 atom stereocenters. The molecule has 1 aliphatic rings. The molecule has 0 saturated heterocycles. The molecule has 1 aromatic carbocycles. The van der Waals surface area contributed by atoms with Crippen LogP contribution in [-0.2, 0) is 11.2 Å². The van der Waals surface area contributed by atoms with Crippen LogP contribution in [0.4, 0.5) is 0 Å². The number of carbonyl (C=O) groups is 1. The van der Waals surface area contributed by atoms with Crippen molar-refractivity contribution in [3.63, 3.8) is 0 Å². The molecule has 1 aliphatic carbocycles. The fraction of sp³-hybridized carbons (Fsp3) is 0.412. The number of esters is 1. The number of carbonyl (C=O) groups excluding carboxylic acids is 1. The van der Waals surface area contributed by atoms with Crippen LogP contribution in [0.15, 0.2) is 36.8 Å².